The molecule has 1 aliphatic heterocycles. The molecule has 1 aromatic heterocycles. The molecule has 1 fully saturated rings. The van der Waals surface area contributed by atoms with Gasteiger partial charge in [-0.25, -0.2) is 21.2 Å². The van der Waals surface area contributed by atoms with E-state index in [-0.39, 0.29) is 18.5 Å². The van der Waals surface area contributed by atoms with Crippen molar-refractivity contribution in [3.63, 3.8) is 0 Å². The van der Waals surface area contributed by atoms with Crippen LogP contribution < -0.4 is 11.1 Å². The van der Waals surface area contributed by atoms with Crippen molar-refractivity contribution >= 4 is 60.7 Å². The molecule has 1 saturated heterocycles. The predicted octanol–water partition coefficient (Wildman–Crippen LogP) is 3.11. The van der Waals surface area contributed by atoms with E-state index in [1.54, 1.807) is 42.5 Å². The molecular weight excluding hydrogens is 589 g/mol. The summed E-state index contributed by atoms with van der Waals surface area (Å²) in [5.74, 6) is -3.32. The molecule has 39 heavy (non-hydrogen) atoms. The molecule has 2 amide bonds. The number of carbonyl (C=O) groups is 2. The highest BCUT2D eigenvalue weighted by atomic mass is 35.5. The maximum Gasteiger partial charge on any atom is 0.246 e. The Morgan fingerprint density at radius 1 is 1.15 bits per heavy atom. The fourth-order valence-corrected chi connectivity index (χ4v) is 8.11. The van der Waals surface area contributed by atoms with Crippen molar-refractivity contribution in [3.05, 3.63) is 80.6 Å². The van der Waals surface area contributed by atoms with Gasteiger partial charge in [0.15, 0.2) is 9.84 Å². The molecule has 206 valence electrons. The molecule has 0 unspecified atom stereocenters. The maximum atomic E-state index is 16.4. The molecule has 0 spiro atoms. The van der Waals surface area contributed by atoms with Crippen LogP contribution in [0.1, 0.15) is 16.9 Å². The molecule has 1 atom stereocenters. The van der Waals surface area contributed by atoms with Crippen molar-refractivity contribution in [2.45, 2.75) is 16.9 Å². The van der Waals surface area contributed by atoms with E-state index in [0.717, 1.165) is 23.0 Å². The van der Waals surface area contributed by atoms with Crippen LogP contribution in [0.15, 0.2) is 64.9 Å². The van der Waals surface area contributed by atoms with Crippen LogP contribution in [-0.4, -0.2) is 52.3 Å². The van der Waals surface area contributed by atoms with E-state index in [1.807, 2.05) is 0 Å². The van der Waals surface area contributed by atoms with Crippen LogP contribution in [0.5, 0.6) is 0 Å². The summed E-state index contributed by atoms with van der Waals surface area (Å²) in [6.45, 7) is -1.04. The van der Waals surface area contributed by atoms with E-state index < -0.39 is 60.0 Å². The zero-order chi connectivity index (χ0) is 28.6. The number of carbonyl (C=O) groups excluding carboxylic acids is 2. The number of hydrogen-bond acceptors (Lipinski definition) is 7. The Kier molecular flexibility index (Phi) is 8.01. The fourth-order valence-electron chi connectivity index (χ4n) is 4.56. The van der Waals surface area contributed by atoms with Gasteiger partial charge in [-0.15, -0.1) is 11.3 Å². The number of hydrogen-bond donors (Lipinski definition) is 2. The number of benzene rings is 2. The standard InChI is InChI=1S/C25H23ClFN3O6S3/c1-38(33,34)23-18(16-5-3-2-4-6-16)8-9-19(22(23)27)25(12-13-29-24(25)32)30(15-21(28)31)39(35,36)14-11-17-7-10-20(26)37-17/h2-11,14H,12-13,15H2,1H3,(H2,28,31)(H,29,32)/b14-11+/t25-/m0/s1. The zero-order valence-electron chi connectivity index (χ0n) is 20.4. The van der Waals surface area contributed by atoms with Crippen molar-refractivity contribution < 1.29 is 30.8 Å². The molecule has 0 radical (unpaired) electrons. The highest BCUT2D eigenvalue weighted by Crippen LogP contribution is 2.43. The van der Waals surface area contributed by atoms with Gasteiger partial charge < -0.3 is 11.1 Å². The summed E-state index contributed by atoms with van der Waals surface area (Å²) >= 11 is 7.00. The largest absolute Gasteiger partial charge is 0.369 e. The molecule has 3 aromatic rings. The average molecular weight is 612 g/mol. The Balaban J connectivity index is 1.98. The van der Waals surface area contributed by atoms with Crippen LogP contribution in [0.3, 0.4) is 0 Å². The summed E-state index contributed by atoms with van der Waals surface area (Å²) in [6.07, 6.45) is 1.74. The van der Waals surface area contributed by atoms with Gasteiger partial charge in [-0.05, 0) is 30.2 Å². The first-order valence-corrected chi connectivity index (χ1v) is 16.0. The molecule has 9 nitrogen and oxygen atoms in total. The van der Waals surface area contributed by atoms with Crippen molar-refractivity contribution in [1.29, 1.82) is 0 Å². The normalized spacial score (nSPS) is 18.1. The van der Waals surface area contributed by atoms with Crippen LogP contribution in [0.2, 0.25) is 4.34 Å². The second kappa shape index (κ2) is 10.8. The number of halogens is 2. The van der Waals surface area contributed by atoms with Crippen LogP contribution in [0.4, 0.5) is 4.39 Å². The monoisotopic (exact) mass is 611 g/mol. The number of nitrogens with one attached hydrogen (secondary N) is 1. The van der Waals surface area contributed by atoms with Gasteiger partial charge in [-0.3, -0.25) is 9.59 Å². The smallest absolute Gasteiger partial charge is 0.246 e. The average Bonchev–Trinajstić information content (AvgIpc) is 3.46. The molecule has 14 heteroatoms. The summed E-state index contributed by atoms with van der Waals surface area (Å²) in [4.78, 5) is 25.2. The zero-order valence-corrected chi connectivity index (χ0v) is 23.6. The second-order valence-corrected chi connectivity index (χ2v) is 14.2. The first kappa shape index (κ1) is 28.9. The lowest BCUT2D eigenvalue weighted by atomic mass is 9.86. The SMILES string of the molecule is CS(=O)(=O)c1c(-c2ccccc2)ccc([C@@]2(N(CC(N)=O)S(=O)(=O)/C=C/c3ccc(Cl)s3)CCNC2=O)c1F. The van der Waals surface area contributed by atoms with Gasteiger partial charge in [0, 0.05) is 34.2 Å². The van der Waals surface area contributed by atoms with Crippen LogP contribution in [0.25, 0.3) is 17.2 Å². The highest BCUT2D eigenvalue weighted by molar-refractivity contribution is 7.92. The number of sulfone groups is 1. The van der Waals surface area contributed by atoms with Crippen molar-refractivity contribution in [2.75, 3.05) is 19.3 Å². The molecule has 0 aliphatic carbocycles. The molecule has 0 bridgehead atoms. The molecule has 2 aromatic carbocycles. The Bertz CT molecular complexity index is 1690. The summed E-state index contributed by atoms with van der Waals surface area (Å²) in [7, 11) is -8.85. The molecule has 2 heterocycles. The topological polar surface area (TPSA) is 144 Å². The number of rotatable bonds is 9. The van der Waals surface area contributed by atoms with Crippen molar-refractivity contribution in [3.8, 4) is 11.1 Å². The van der Waals surface area contributed by atoms with E-state index in [9.17, 15) is 26.4 Å². The second-order valence-electron chi connectivity index (χ2n) is 8.77. The number of amides is 2. The van der Waals surface area contributed by atoms with E-state index in [4.69, 9.17) is 17.3 Å². The molecule has 0 saturated carbocycles. The fraction of sp³-hybridized carbons (Fsp3) is 0.200. The minimum Gasteiger partial charge on any atom is -0.369 e. The van der Waals surface area contributed by atoms with Gasteiger partial charge in [0.05, 0.1) is 10.9 Å². The van der Waals surface area contributed by atoms with Crippen LogP contribution in [0, 0.1) is 5.82 Å². The Morgan fingerprint density at radius 3 is 2.38 bits per heavy atom. The minimum absolute atomic E-state index is 0.0340. The third kappa shape index (κ3) is 5.63. The summed E-state index contributed by atoms with van der Waals surface area (Å²) in [6, 6.07) is 13.8. The van der Waals surface area contributed by atoms with Gasteiger partial charge in [0.2, 0.25) is 21.8 Å². The van der Waals surface area contributed by atoms with Gasteiger partial charge in [-0.2, -0.15) is 4.31 Å². The first-order valence-electron chi connectivity index (χ1n) is 11.4. The van der Waals surface area contributed by atoms with Gasteiger partial charge in [-0.1, -0.05) is 54.1 Å². The molecular formula is C25H23ClFN3O6S3. The molecule has 3 N–H and O–H groups in total. The maximum absolute atomic E-state index is 16.4. The van der Waals surface area contributed by atoms with Crippen LogP contribution >= 0.6 is 22.9 Å². The molecule has 4 rings (SSSR count). The number of nitrogens with two attached hydrogens (primary N) is 1. The number of sulfonamides is 1. The van der Waals surface area contributed by atoms with Gasteiger partial charge in [0.1, 0.15) is 16.3 Å². The highest BCUT2D eigenvalue weighted by Gasteiger charge is 2.55. The lowest BCUT2D eigenvalue weighted by Crippen LogP contribution is -2.56. The lowest BCUT2D eigenvalue weighted by molar-refractivity contribution is -0.129. The van der Waals surface area contributed by atoms with Gasteiger partial charge in [0.25, 0.3) is 0 Å². The first-order chi connectivity index (χ1) is 18.3. The quantitative estimate of drug-likeness (QED) is 0.380. The van der Waals surface area contributed by atoms with E-state index >= 15 is 4.39 Å². The number of primary amides is 1. The third-order valence-corrected chi connectivity index (χ3v) is 10.0. The van der Waals surface area contributed by atoms with E-state index in [1.165, 1.54) is 18.2 Å². The summed E-state index contributed by atoms with van der Waals surface area (Å²) < 4.78 is 70.2. The summed E-state index contributed by atoms with van der Waals surface area (Å²) in [5, 5.41) is 3.25. The summed E-state index contributed by atoms with van der Waals surface area (Å²) in [5.41, 5.74) is 2.99. The Hall–Kier alpha value is -3.10. The number of thiophene rings is 1. The Morgan fingerprint density at radius 2 is 1.85 bits per heavy atom. The predicted molar refractivity (Wildman–Crippen MR) is 147 cm³/mol. The Labute approximate surface area is 234 Å². The van der Waals surface area contributed by atoms with Crippen molar-refractivity contribution in [1.82, 2.24) is 9.62 Å². The minimum atomic E-state index is -4.62. The van der Waals surface area contributed by atoms with Crippen LogP contribution in [-0.2, 0) is 35.0 Å². The lowest BCUT2D eigenvalue weighted by Gasteiger charge is -2.37. The van der Waals surface area contributed by atoms with Crippen molar-refractivity contribution in [2.24, 2.45) is 5.73 Å². The molecule has 1 aliphatic rings. The van der Waals surface area contributed by atoms with Gasteiger partial charge >= 0.3 is 0 Å². The third-order valence-electron chi connectivity index (χ3n) is 6.18. The number of nitrogens with zero attached hydrogens (tertiary/aromatic N) is 1. The van der Waals surface area contributed by atoms with E-state index in [0.29, 0.717) is 19.1 Å². The van der Waals surface area contributed by atoms with E-state index in [2.05, 4.69) is 5.32 Å².